The average Bonchev–Trinajstić information content (AvgIpc) is 3.05. The predicted molar refractivity (Wildman–Crippen MR) is 171 cm³/mol. The van der Waals surface area contributed by atoms with Gasteiger partial charge >= 0.3 is 5.97 Å². The lowest BCUT2D eigenvalue weighted by atomic mass is 9.96. The molecule has 11 N–H and O–H groups in total. The number of aliphatic carboxylic acids is 1. The number of aliphatic hydroxyl groups is 2. The molecule has 49 heavy (non-hydrogen) atoms. The smallest absolute Gasteiger partial charge is 0.326 e. The quantitative estimate of drug-likeness (QED) is 0.0632. The van der Waals surface area contributed by atoms with Gasteiger partial charge in [0.15, 0.2) is 0 Å². The standard InChI is InChI=1S/C31H48N6O12/c1-16(28(43)37-20(27(33)42)12-13-23(40)36-21(30(45)46)11-7-8-14-32)34-29(44)17(2)47-26-24(35-18(3)39)31(49-22(15-38)25(26)41)48-19-9-5-4-6-10-19/h4-6,9-10,16-17,20-22,24-26,31,38,41H,7-8,11-15,32H2,1-3H3,(H2,33,42)(H,34,44)(H,35,39)(H,36,40)(H,37,43)(H,45,46)/t16-,17+,20+,21-,22?,24?,25?,26?,31?/m0/s1. The molecule has 0 spiro atoms. The number of carboxylic acids is 1. The van der Waals surface area contributed by atoms with E-state index in [2.05, 4.69) is 21.3 Å². The summed E-state index contributed by atoms with van der Waals surface area (Å²) >= 11 is 0. The molecule has 5 unspecified atom stereocenters. The van der Waals surface area contributed by atoms with E-state index in [0.29, 0.717) is 25.1 Å². The first-order valence-electron chi connectivity index (χ1n) is 15.9. The number of hydrogen-bond donors (Lipinski definition) is 9. The fraction of sp³-hybridized carbons (Fsp3) is 0.613. The number of carbonyl (C=O) groups is 6. The lowest BCUT2D eigenvalue weighted by Crippen LogP contribution is -2.67. The van der Waals surface area contributed by atoms with Crippen LogP contribution in [0.5, 0.6) is 5.75 Å². The second kappa shape index (κ2) is 20.2. The Bertz CT molecular complexity index is 1270. The lowest BCUT2D eigenvalue weighted by molar-refractivity contribution is -0.258. The van der Waals surface area contributed by atoms with Gasteiger partial charge < -0.3 is 62.3 Å². The number of carbonyl (C=O) groups excluding carboxylic acids is 5. The summed E-state index contributed by atoms with van der Waals surface area (Å²) in [4.78, 5) is 73.9. The molecule has 1 aromatic rings. The van der Waals surface area contributed by atoms with Crippen molar-refractivity contribution in [1.29, 1.82) is 0 Å². The van der Waals surface area contributed by atoms with Crippen molar-refractivity contribution in [2.24, 2.45) is 11.5 Å². The van der Waals surface area contributed by atoms with Crippen molar-refractivity contribution >= 4 is 35.5 Å². The van der Waals surface area contributed by atoms with Crippen LogP contribution in [0, 0.1) is 0 Å². The summed E-state index contributed by atoms with van der Waals surface area (Å²) in [7, 11) is 0. The van der Waals surface area contributed by atoms with E-state index in [9.17, 15) is 44.1 Å². The van der Waals surface area contributed by atoms with Crippen molar-refractivity contribution < 1.29 is 58.3 Å². The highest BCUT2D eigenvalue weighted by Crippen LogP contribution is 2.27. The molecule has 0 radical (unpaired) electrons. The molecular formula is C31H48N6O12. The molecule has 1 aliphatic rings. The summed E-state index contributed by atoms with van der Waals surface area (Å²) in [5.74, 6) is -4.65. The molecule has 1 aromatic carbocycles. The molecular weight excluding hydrogens is 648 g/mol. The number of ether oxygens (including phenoxy) is 3. The second-order valence-corrected chi connectivity index (χ2v) is 11.6. The zero-order chi connectivity index (χ0) is 36.7. The number of aliphatic hydroxyl groups excluding tert-OH is 2. The fourth-order valence-corrected chi connectivity index (χ4v) is 4.92. The highest BCUT2D eigenvalue weighted by molar-refractivity contribution is 5.92. The van der Waals surface area contributed by atoms with E-state index in [4.69, 9.17) is 25.7 Å². The Hall–Kier alpha value is -4.36. The first-order chi connectivity index (χ1) is 23.2. The van der Waals surface area contributed by atoms with Gasteiger partial charge in [-0.2, -0.15) is 0 Å². The zero-order valence-corrected chi connectivity index (χ0v) is 27.7. The van der Waals surface area contributed by atoms with Crippen molar-refractivity contribution in [3.63, 3.8) is 0 Å². The third kappa shape index (κ3) is 13.2. The number of nitrogens with one attached hydrogen (secondary N) is 4. The van der Waals surface area contributed by atoms with Crippen LogP contribution < -0.4 is 37.5 Å². The Morgan fingerprint density at radius 1 is 0.959 bits per heavy atom. The van der Waals surface area contributed by atoms with Gasteiger partial charge in [-0.3, -0.25) is 24.0 Å². The van der Waals surface area contributed by atoms with Crippen LogP contribution in [0.2, 0.25) is 0 Å². The number of primary amides is 1. The number of carboxylic acid groups (broad SMARTS) is 1. The predicted octanol–water partition coefficient (Wildman–Crippen LogP) is -2.62. The molecule has 18 heteroatoms. The molecule has 1 fully saturated rings. The second-order valence-electron chi connectivity index (χ2n) is 11.6. The Labute approximate surface area is 283 Å². The molecule has 2 rings (SSSR count). The number of benzene rings is 1. The number of amides is 5. The van der Waals surface area contributed by atoms with Crippen molar-refractivity contribution in [2.45, 2.75) is 108 Å². The van der Waals surface area contributed by atoms with Gasteiger partial charge in [-0.1, -0.05) is 18.2 Å². The maximum absolute atomic E-state index is 13.1. The monoisotopic (exact) mass is 696 g/mol. The number of unbranched alkanes of at least 4 members (excludes halogenated alkanes) is 1. The maximum atomic E-state index is 13.1. The molecule has 0 bridgehead atoms. The van der Waals surface area contributed by atoms with Crippen LogP contribution in [0.25, 0.3) is 0 Å². The summed E-state index contributed by atoms with van der Waals surface area (Å²) in [5, 5.41) is 39.9. The van der Waals surface area contributed by atoms with Crippen LogP contribution in [0.3, 0.4) is 0 Å². The van der Waals surface area contributed by atoms with E-state index in [1.54, 1.807) is 30.3 Å². The van der Waals surface area contributed by atoms with Crippen LogP contribution in [-0.4, -0.2) is 119 Å². The van der Waals surface area contributed by atoms with Gasteiger partial charge in [0.05, 0.1) is 6.61 Å². The molecule has 5 amide bonds. The van der Waals surface area contributed by atoms with Gasteiger partial charge in [-0.15, -0.1) is 0 Å². The Balaban J connectivity index is 2.03. The zero-order valence-electron chi connectivity index (χ0n) is 27.7. The van der Waals surface area contributed by atoms with Gasteiger partial charge in [0.2, 0.25) is 35.8 Å². The molecule has 1 saturated heterocycles. The first kappa shape index (κ1) is 40.8. The van der Waals surface area contributed by atoms with Gasteiger partial charge in [-0.05, 0) is 58.2 Å². The largest absolute Gasteiger partial charge is 0.480 e. The number of hydrogen-bond acceptors (Lipinski definition) is 12. The minimum absolute atomic E-state index is 0.166. The van der Waals surface area contributed by atoms with E-state index in [0.717, 1.165) is 0 Å². The molecule has 9 atom stereocenters. The molecule has 0 saturated carbocycles. The normalized spacial score (nSPS) is 22.8. The minimum atomic E-state index is -1.52. The molecule has 274 valence electrons. The average molecular weight is 697 g/mol. The highest BCUT2D eigenvalue weighted by Gasteiger charge is 2.48. The van der Waals surface area contributed by atoms with Crippen molar-refractivity contribution in [1.82, 2.24) is 21.3 Å². The summed E-state index contributed by atoms with van der Waals surface area (Å²) in [5.41, 5.74) is 10.8. The van der Waals surface area contributed by atoms with E-state index < -0.39 is 97.0 Å². The molecule has 18 nitrogen and oxygen atoms in total. The van der Waals surface area contributed by atoms with Crippen molar-refractivity contribution in [3.8, 4) is 5.75 Å². The van der Waals surface area contributed by atoms with Crippen molar-refractivity contribution in [2.75, 3.05) is 13.2 Å². The summed E-state index contributed by atoms with van der Waals surface area (Å²) < 4.78 is 17.5. The van der Waals surface area contributed by atoms with Crippen LogP contribution in [0.15, 0.2) is 30.3 Å². The molecule has 1 aliphatic heterocycles. The molecule has 0 aliphatic carbocycles. The molecule has 1 heterocycles. The highest BCUT2D eigenvalue weighted by atomic mass is 16.7. The lowest BCUT2D eigenvalue weighted by Gasteiger charge is -2.44. The Kier molecular flexibility index (Phi) is 16.8. The third-order valence-corrected chi connectivity index (χ3v) is 7.60. The van der Waals surface area contributed by atoms with Gasteiger partial charge in [-0.25, -0.2) is 4.79 Å². The van der Waals surface area contributed by atoms with Crippen molar-refractivity contribution in [3.05, 3.63) is 30.3 Å². The number of nitrogens with two attached hydrogens (primary N) is 2. The van der Waals surface area contributed by atoms with E-state index in [1.165, 1.54) is 20.8 Å². The first-order valence-corrected chi connectivity index (χ1v) is 15.9. The summed E-state index contributed by atoms with van der Waals surface area (Å²) in [6.45, 7) is 3.61. The molecule has 0 aromatic heterocycles. The third-order valence-electron chi connectivity index (χ3n) is 7.60. The number of rotatable bonds is 20. The maximum Gasteiger partial charge on any atom is 0.326 e. The summed E-state index contributed by atoms with van der Waals surface area (Å²) in [6, 6.07) is 3.57. The van der Waals surface area contributed by atoms with Crippen LogP contribution in [0.1, 0.15) is 52.9 Å². The SMILES string of the molecule is CC(=O)NC1C(Oc2ccccc2)OC(CO)C(O)C1O[C@H](C)C(=O)N[C@@H](C)C(=O)N[C@H](CCC(=O)N[C@@H](CCCCN)C(=O)O)C(N)=O. The van der Waals surface area contributed by atoms with Crippen LogP contribution >= 0.6 is 0 Å². The minimum Gasteiger partial charge on any atom is -0.480 e. The van der Waals surface area contributed by atoms with E-state index in [1.807, 2.05) is 0 Å². The fourth-order valence-electron chi connectivity index (χ4n) is 4.92. The van der Waals surface area contributed by atoms with E-state index >= 15 is 0 Å². The van der Waals surface area contributed by atoms with Gasteiger partial charge in [0, 0.05) is 13.3 Å². The van der Waals surface area contributed by atoms with E-state index in [-0.39, 0.29) is 19.3 Å². The Morgan fingerprint density at radius 2 is 1.63 bits per heavy atom. The van der Waals surface area contributed by atoms with Crippen LogP contribution in [0.4, 0.5) is 0 Å². The topological polar surface area (TPSA) is 291 Å². The number of para-hydroxylation sites is 1. The summed E-state index contributed by atoms with van der Waals surface area (Å²) in [6.07, 6.45) is -5.95. The van der Waals surface area contributed by atoms with Gasteiger partial charge in [0.25, 0.3) is 0 Å². The van der Waals surface area contributed by atoms with Gasteiger partial charge in [0.1, 0.15) is 54.3 Å². The van der Waals surface area contributed by atoms with Crippen LogP contribution in [-0.2, 0) is 38.2 Å². The Morgan fingerprint density at radius 3 is 2.20 bits per heavy atom.